The largest absolute Gasteiger partial charge is 0.480 e. The third kappa shape index (κ3) is 5.18. The molecule has 0 aliphatic heterocycles. The zero-order valence-corrected chi connectivity index (χ0v) is 6.56. The Bertz CT molecular complexity index is 220. The lowest BCUT2D eigenvalue weighted by molar-refractivity contribution is -0.138. The first kappa shape index (κ1) is 10.4. The number of nitrogen functional groups attached to an aromatic ring is 1. The third-order valence-electron chi connectivity index (χ3n) is 0.823. The maximum absolute atomic E-state index is 9.57. The van der Waals surface area contributed by atoms with Gasteiger partial charge >= 0.3 is 5.97 Å². The standard InChI is InChI=1S/C3H7NO2.C2H4N4/c1-2(4)3(5)6;3-2-4-1-5-6-2/h2H,4H2,1H3,(H,5,6);1H,(H3,3,4,5,6)/t2-;/m0./s1. The number of carbonyl (C=O) groups is 1. The van der Waals surface area contributed by atoms with Crippen molar-refractivity contribution < 1.29 is 9.90 Å². The summed E-state index contributed by atoms with van der Waals surface area (Å²) in [6.07, 6.45) is 1.43. The topological polar surface area (TPSA) is 131 Å². The van der Waals surface area contributed by atoms with Gasteiger partial charge in [-0.2, -0.15) is 0 Å². The minimum absolute atomic E-state index is 0.287. The van der Waals surface area contributed by atoms with Crippen molar-refractivity contribution in [2.24, 2.45) is 5.73 Å². The molecule has 1 aromatic heterocycles. The van der Waals surface area contributed by atoms with E-state index in [1.54, 1.807) is 0 Å². The molecule has 7 nitrogen and oxygen atoms in total. The van der Waals surface area contributed by atoms with Gasteiger partial charge in [0.05, 0.1) is 0 Å². The Balaban J connectivity index is 0.000000202. The van der Waals surface area contributed by atoms with Crippen LogP contribution in [0.5, 0.6) is 0 Å². The van der Waals surface area contributed by atoms with Crippen molar-refractivity contribution in [2.75, 3.05) is 5.73 Å². The number of aromatic nitrogens is 3. The van der Waals surface area contributed by atoms with Crippen LogP contribution in [0.3, 0.4) is 0 Å². The first-order valence-corrected chi connectivity index (χ1v) is 3.13. The number of carboxylic acids is 1. The van der Waals surface area contributed by atoms with E-state index in [2.05, 4.69) is 15.2 Å². The summed E-state index contributed by atoms with van der Waals surface area (Å²) in [5.74, 6) is -0.676. The molecule has 12 heavy (non-hydrogen) atoms. The second kappa shape index (κ2) is 5.08. The molecular formula is C5H11N5O2. The first-order chi connectivity index (χ1) is 5.54. The van der Waals surface area contributed by atoms with Gasteiger partial charge in [0.2, 0.25) is 5.95 Å². The summed E-state index contributed by atoms with van der Waals surface area (Å²) < 4.78 is 0. The number of nitrogens with zero attached hydrogens (tertiary/aromatic N) is 2. The number of hydrogen-bond donors (Lipinski definition) is 4. The van der Waals surface area contributed by atoms with Crippen LogP contribution in [0.2, 0.25) is 0 Å². The minimum Gasteiger partial charge on any atom is -0.480 e. The number of nitrogens with one attached hydrogen (secondary N) is 1. The van der Waals surface area contributed by atoms with Crippen LogP contribution >= 0.6 is 0 Å². The third-order valence-corrected chi connectivity index (χ3v) is 0.823. The van der Waals surface area contributed by atoms with Crippen LogP contribution in [0.4, 0.5) is 5.95 Å². The van der Waals surface area contributed by atoms with Crippen molar-refractivity contribution in [3.63, 3.8) is 0 Å². The normalized spacial score (nSPS) is 11.2. The summed E-state index contributed by atoms with van der Waals surface area (Å²) >= 11 is 0. The Kier molecular flexibility index (Phi) is 4.39. The number of rotatable bonds is 1. The number of anilines is 1. The predicted molar refractivity (Wildman–Crippen MR) is 42.1 cm³/mol. The molecule has 0 fully saturated rings. The first-order valence-electron chi connectivity index (χ1n) is 3.13. The monoisotopic (exact) mass is 173 g/mol. The van der Waals surface area contributed by atoms with E-state index < -0.39 is 12.0 Å². The second-order valence-corrected chi connectivity index (χ2v) is 1.98. The van der Waals surface area contributed by atoms with E-state index in [0.717, 1.165) is 0 Å². The molecule has 6 N–H and O–H groups in total. The fourth-order valence-electron chi connectivity index (χ4n) is 0.219. The molecular weight excluding hydrogens is 162 g/mol. The van der Waals surface area contributed by atoms with Crippen molar-refractivity contribution in [3.8, 4) is 0 Å². The van der Waals surface area contributed by atoms with Gasteiger partial charge in [0.15, 0.2) is 0 Å². The van der Waals surface area contributed by atoms with Gasteiger partial charge in [-0.25, -0.2) is 4.98 Å². The van der Waals surface area contributed by atoms with Gasteiger partial charge in [-0.1, -0.05) is 0 Å². The highest BCUT2D eigenvalue weighted by Gasteiger charge is 1.99. The van der Waals surface area contributed by atoms with E-state index in [0.29, 0.717) is 0 Å². The maximum Gasteiger partial charge on any atom is 0.320 e. The molecule has 0 aliphatic carbocycles. The Morgan fingerprint density at radius 3 is 2.42 bits per heavy atom. The van der Waals surface area contributed by atoms with Crippen molar-refractivity contribution in [1.82, 2.24) is 15.2 Å². The highest BCUT2D eigenvalue weighted by Crippen LogP contribution is 1.76. The van der Waals surface area contributed by atoms with E-state index in [9.17, 15) is 4.79 Å². The zero-order valence-electron chi connectivity index (χ0n) is 6.56. The van der Waals surface area contributed by atoms with E-state index in [1.165, 1.54) is 13.3 Å². The minimum atomic E-state index is -0.963. The molecule has 0 amide bonds. The highest BCUT2D eigenvalue weighted by atomic mass is 16.4. The molecule has 0 spiro atoms. The quantitative estimate of drug-likeness (QED) is 0.422. The van der Waals surface area contributed by atoms with Crippen LogP contribution in [0.15, 0.2) is 6.33 Å². The molecule has 7 heteroatoms. The Morgan fingerprint density at radius 1 is 1.83 bits per heavy atom. The van der Waals surface area contributed by atoms with E-state index in [4.69, 9.17) is 16.6 Å². The number of aliphatic carboxylic acids is 1. The van der Waals surface area contributed by atoms with E-state index in [1.807, 2.05) is 0 Å². The average molecular weight is 173 g/mol. The summed E-state index contributed by atoms with van der Waals surface area (Å²) in [6, 6.07) is -0.731. The van der Waals surface area contributed by atoms with E-state index >= 15 is 0 Å². The van der Waals surface area contributed by atoms with Gasteiger partial charge in [-0.3, -0.25) is 9.89 Å². The summed E-state index contributed by atoms with van der Waals surface area (Å²) in [5.41, 5.74) is 9.86. The SMILES string of the molecule is C[C@H](N)C(=O)O.Nc1nc[nH]n1. The van der Waals surface area contributed by atoms with E-state index in [-0.39, 0.29) is 5.95 Å². The molecule has 0 saturated carbocycles. The predicted octanol–water partition coefficient (Wildman–Crippen LogP) is -1.19. The summed E-state index contributed by atoms with van der Waals surface area (Å²) in [5, 5.41) is 13.8. The Morgan fingerprint density at radius 2 is 2.33 bits per heavy atom. The molecule has 0 unspecified atom stereocenters. The van der Waals surface area contributed by atoms with Crippen LogP contribution in [0.1, 0.15) is 6.92 Å². The average Bonchev–Trinajstić information content (AvgIpc) is 2.40. The van der Waals surface area contributed by atoms with Gasteiger partial charge in [0, 0.05) is 0 Å². The lowest BCUT2D eigenvalue weighted by Crippen LogP contribution is -2.25. The molecule has 0 bridgehead atoms. The molecule has 0 aliphatic rings. The smallest absolute Gasteiger partial charge is 0.320 e. The number of H-pyrrole nitrogens is 1. The number of carboxylic acid groups (broad SMARTS) is 1. The Hall–Kier alpha value is -1.63. The molecule has 1 atom stereocenters. The number of nitrogens with two attached hydrogens (primary N) is 2. The summed E-state index contributed by atoms with van der Waals surface area (Å²) in [4.78, 5) is 13.1. The lowest BCUT2D eigenvalue weighted by Gasteiger charge is -1.90. The van der Waals surface area contributed by atoms with Crippen LogP contribution < -0.4 is 11.5 Å². The van der Waals surface area contributed by atoms with Gasteiger partial charge in [-0.05, 0) is 6.92 Å². The molecule has 0 radical (unpaired) electrons. The van der Waals surface area contributed by atoms with Crippen LogP contribution in [0, 0.1) is 0 Å². The van der Waals surface area contributed by atoms with Gasteiger partial charge in [0.25, 0.3) is 0 Å². The van der Waals surface area contributed by atoms with Gasteiger partial charge < -0.3 is 16.6 Å². The van der Waals surface area contributed by atoms with Gasteiger partial charge in [0.1, 0.15) is 12.4 Å². The molecule has 1 rings (SSSR count). The fourth-order valence-corrected chi connectivity index (χ4v) is 0.219. The number of hydrogen-bond acceptors (Lipinski definition) is 5. The van der Waals surface area contributed by atoms with Gasteiger partial charge in [-0.15, -0.1) is 5.10 Å². The maximum atomic E-state index is 9.57. The molecule has 1 aromatic rings. The number of aromatic amines is 1. The fraction of sp³-hybridized carbons (Fsp3) is 0.400. The van der Waals surface area contributed by atoms with Crippen LogP contribution in [0.25, 0.3) is 0 Å². The lowest BCUT2D eigenvalue weighted by atomic mass is 10.4. The summed E-state index contributed by atoms with van der Waals surface area (Å²) in [6.45, 7) is 1.42. The van der Waals surface area contributed by atoms with Crippen molar-refractivity contribution in [2.45, 2.75) is 13.0 Å². The van der Waals surface area contributed by atoms with Crippen molar-refractivity contribution >= 4 is 11.9 Å². The molecule has 1 heterocycles. The molecule has 0 aromatic carbocycles. The van der Waals surface area contributed by atoms with Crippen molar-refractivity contribution in [3.05, 3.63) is 6.33 Å². The second-order valence-electron chi connectivity index (χ2n) is 1.98. The van der Waals surface area contributed by atoms with Crippen molar-refractivity contribution in [1.29, 1.82) is 0 Å². The zero-order chi connectivity index (χ0) is 9.56. The molecule has 68 valence electrons. The molecule has 0 saturated heterocycles. The Labute approximate surface area is 68.8 Å². The van der Waals surface area contributed by atoms with Crippen LogP contribution in [-0.2, 0) is 4.79 Å². The van der Waals surface area contributed by atoms with Crippen LogP contribution in [-0.4, -0.2) is 32.3 Å². The summed E-state index contributed by atoms with van der Waals surface area (Å²) in [7, 11) is 0. The highest BCUT2D eigenvalue weighted by molar-refractivity contribution is 5.72.